The molecule has 0 heterocycles. The first-order chi connectivity index (χ1) is 23.2. The van der Waals surface area contributed by atoms with Crippen LogP contribution in [0.4, 0.5) is 21.5 Å². The van der Waals surface area contributed by atoms with Crippen LogP contribution in [-0.2, 0) is 5.41 Å². The first-order valence-corrected chi connectivity index (χ1v) is 16.1. The zero-order chi connectivity index (χ0) is 31.1. The number of benzene rings is 8. The maximum absolute atomic E-state index is 14.0. The van der Waals surface area contributed by atoms with Crippen LogP contribution in [0.5, 0.6) is 0 Å². The highest BCUT2D eigenvalue weighted by molar-refractivity contribution is 6.11. The van der Waals surface area contributed by atoms with Crippen molar-refractivity contribution in [1.82, 2.24) is 0 Å². The van der Waals surface area contributed by atoms with Gasteiger partial charge in [-0.1, -0.05) is 121 Å². The van der Waals surface area contributed by atoms with Gasteiger partial charge in [0.2, 0.25) is 0 Å². The van der Waals surface area contributed by atoms with Crippen LogP contribution in [0.3, 0.4) is 0 Å². The summed E-state index contributed by atoms with van der Waals surface area (Å²) in [6, 6.07) is 59.9. The Morgan fingerprint density at radius 1 is 0.404 bits per heavy atom. The molecule has 2 aliphatic rings. The topological polar surface area (TPSA) is 3.24 Å². The van der Waals surface area contributed by atoms with Crippen LogP contribution in [0, 0.1) is 5.82 Å². The summed E-state index contributed by atoms with van der Waals surface area (Å²) < 4.78 is 14.0. The van der Waals surface area contributed by atoms with E-state index in [1.807, 2.05) is 30.3 Å². The minimum atomic E-state index is -0.445. The van der Waals surface area contributed by atoms with Crippen molar-refractivity contribution in [3.8, 4) is 22.3 Å². The Bertz CT molecular complexity index is 2490. The number of para-hydroxylation sites is 1. The van der Waals surface area contributed by atoms with Crippen LogP contribution in [0.1, 0.15) is 22.3 Å². The Labute approximate surface area is 272 Å². The average Bonchev–Trinajstić information content (AvgIpc) is 3.61. The van der Waals surface area contributed by atoms with Gasteiger partial charge >= 0.3 is 0 Å². The normalized spacial score (nSPS) is 13.4. The highest BCUT2D eigenvalue weighted by Crippen LogP contribution is 2.65. The minimum absolute atomic E-state index is 0.245. The standard InChI is InChI=1S/C45H28FN/c46-31-20-22-33(23-21-31)47(32-11-2-1-3-12-32)34-24-26-36-30(28-34)18-25-39-43-35-13-5-4-10-29(35)19-27-42(43)45(44(36)39)40-16-8-6-14-37(40)38-15-7-9-17-41(38)45/h1-28H. The molecule has 10 rings (SSSR count). The Morgan fingerprint density at radius 2 is 1.02 bits per heavy atom. The number of anilines is 3. The van der Waals surface area contributed by atoms with E-state index < -0.39 is 5.41 Å². The second-order valence-electron chi connectivity index (χ2n) is 12.6. The molecule has 0 amide bonds. The van der Waals surface area contributed by atoms with E-state index in [0.29, 0.717) is 0 Å². The van der Waals surface area contributed by atoms with Crippen molar-refractivity contribution < 1.29 is 4.39 Å². The number of hydrogen-bond acceptors (Lipinski definition) is 1. The zero-order valence-electron chi connectivity index (χ0n) is 25.5. The highest BCUT2D eigenvalue weighted by atomic mass is 19.1. The molecule has 8 aromatic rings. The monoisotopic (exact) mass is 601 g/mol. The Hall–Kier alpha value is -5.99. The molecular formula is C45H28FN. The fourth-order valence-corrected chi connectivity index (χ4v) is 8.49. The maximum atomic E-state index is 14.0. The molecule has 0 aromatic heterocycles. The fraction of sp³-hybridized carbons (Fsp3) is 0.0222. The molecule has 0 unspecified atom stereocenters. The third-order valence-corrected chi connectivity index (χ3v) is 10.3. The van der Waals surface area contributed by atoms with Crippen molar-refractivity contribution in [2.24, 2.45) is 0 Å². The third kappa shape index (κ3) is 3.53. The van der Waals surface area contributed by atoms with E-state index in [2.05, 4.69) is 132 Å². The number of halogens is 1. The molecule has 2 aliphatic carbocycles. The SMILES string of the molecule is Fc1ccc(N(c2ccccc2)c2ccc3c4c(ccc3c2)-c2c(ccc3ccccc23)C42c3ccccc3-c3ccccc32)cc1. The summed E-state index contributed by atoms with van der Waals surface area (Å²) in [5.41, 5.74) is 13.1. The summed E-state index contributed by atoms with van der Waals surface area (Å²) in [4.78, 5) is 2.20. The van der Waals surface area contributed by atoms with Gasteiger partial charge in [-0.05, 0) is 115 Å². The second-order valence-corrected chi connectivity index (χ2v) is 12.6. The van der Waals surface area contributed by atoms with E-state index in [4.69, 9.17) is 0 Å². The van der Waals surface area contributed by atoms with E-state index >= 15 is 0 Å². The van der Waals surface area contributed by atoms with Gasteiger partial charge < -0.3 is 4.90 Å². The first-order valence-electron chi connectivity index (χ1n) is 16.1. The predicted octanol–water partition coefficient (Wildman–Crippen LogP) is 11.9. The quantitative estimate of drug-likeness (QED) is 0.195. The molecule has 47 heavy (non-hydrogen) atoms. The lowest BCUT2D eigenvalue weighted by Gasteiger charge is -2.32. The van der Waals surface area contributed by atoms with Crippen LogP contribution >= 0.6 is 0 Å². The summed E-state index contributed by atoms with van der Waals surface area (Å²) in [6.45, 7) is 0. The van der Waals surface area contributed by atoms with Crippen molar-refractivity contribution >= 4 is 38.6 Å². The largest absolute Gasteiger partial charge is 0.310 e. The number of fused-ring (bicyclic) bond motifs is 14. The molecule has 8 aromatic carbocycles. The molecule has 0 fully saturated rings. The van der Waals surface area contributed by atoms with Crippen LogP contribution in [0.15, 0.2) is 170 Å². The Balaban J connectivity index is 1.30. The Kier molecular flexibility index (Phi) is 5.45. The van der Waals surface area contributed by atoms with Crippen LogP contribution < -0.4 is 4.90 Å². The summed E-state index contributed by atoms with van der Waals surface area (Å²) in [5, 5.41) is 4.95. The van der Waals surface area contributed by atoms with Gasteiger partial charge in [0.05, 0.1) is 5.41 Å². The van der Waals surface area contributed by atoms with Gasteiger partial charge in [0.15, 0.2) is 0 Å². The lowest BCUT2D eigenvalue weighted by atomic mass is 9.69. The molecule has 0 N–H and O–H groups in total. The molecule has 1 spiro atoms. The van der Waals surface area contributed by atoms with Crippen LogP contribution in [0.25, 0.3) is 43.8 Å². The molecule has 0 saturated heterocycles. The molecule has 0 atom stereocenters. The fourth-order valence-electron chi connectivity index (χ4n) is 8.49. The van der Waals surface area contributed by atoms with E-state index in [9.17, 15) is 4.39 Å². The molecule has 0 aliphatic heterocycles. The van der Waals surface area contributed by atoms with Crippen molar-refractivity contribution in [3.05, 3.63) is 198 Å². The smallest absolute Gasteiger partial charge is 0.123 e. The predicted molar refractivity (Wildman–Crippen MR) is 192 cm³/mol. The van der Waals surface area contributed by atoms with E-state index in [1.165, 1.54) is 78.2 Å². The molecule has 2 heteroatoms. The zero-order valence-corrected chi connectivity index (χ0v) is 25.5. The Morgan fingerprint density at radius 3 is 1.79 bits per heavy atom. The van der Waals surface area contributed by atoms with Crippen molar-refractivity contribution in [2.45, 2.75) is 5.41 Å². The summed E-state index contributed by atoms with van der Waals surface area (Å²) >= 11 is 0. The van der Waals surface area contributed by atoms with Gasteiger partial charge in [-0.15, -0.1) is 0 Å². The van der Waals surface area contributed by atoms with Gasteiger partial charge in [-0.2, -0.15) is 0 Å². The van der Waals surface area contributed by atoms with Crippen LogP contribution in [-0.4, -0.2) is 0 Å². The first kappa shape index (κ1) is 26.2. The number of hydrogen-bond donors (Lipinski definition) is 0. The van der Waals surface area contributed by atoms with Crippen molar-refractivity contribution in [1.29, 1.82) is 0 Å². The minimum Gasteiger partial charge on any atom is -0.310 e. The molecule has 220 valence electrons. The second kappa shape index (κ2) is 9.75. The van der Waals surface area contributed by atoms with E-state index in [1.54, 1.807) is 0 Å². The van der Waals surface area contributed by atoms with Crippen molar-refractivity contribution in [3.63, 3.8) is 0 Å². The highest BCUT2D eigenvalue weighted by Gasteiger charge is 2.52. The third-order valence-electron chi connectivity index (χ3n) is 10.3. The van der Waals surface area contributed by atoms with E-state index in [0.717, 1.165) is 17.1 Å². The summed E-state index contributed by atoms with van der Waals surface area (Å²) in [7, 11) is 0. The maximum Gasteiger partial charge on any atom is 0.123 e. The van der Waals surface area contributed by atoms with E-state index in [-0.39, 0.29) is 5.82 Å². The van der Waals surface area contributed by atoms with Gasteiger partial charge in [-0.25, -0.2) is 4.39 Å². The van der Waals surface area contributed by atoms with Gasteiger partial charge in [-0.3, -0.25) is 0 Å². The molecule has 1 nitrogen and oxygen atoms in total. The van der Waals surface area contributed by atoms with Crippen LogP contribution in [0.2, 0.25) is 0 Å². The molecular weight excluding hydrogens is 574 g/mol. The molecule has 0 radical (unpaired) electrons. The van der Waals surface area contributed by atoms with Gasteiger partial charge in [0.25, 0.3) is 0 Å². The number of nitrogens with zero attached hydrogens (tertiary/aromatic N) is 1. The van der Waals surface area contributed by atoms with Gasteiger partial charge in [0, 0.05) is 17.1 Å². The van der Waals surface area contributed by atoms with Gasteiger partial charge in [0.1, 0.15) is 5.82 Å². The lowest BCUT2D eigenvalue weighted by molar-refractivity contribution is 0.628. The molecule has 0 saturated carbocycles. The van der Waals surface area contributed by atoms with Crippen molar-refractivity contribution in [2.75, 3.05) is 4.90 Å². The lowest BCUT2D eigenvalue weighted by Crippen LogP contribution is -2.26. The molecule has 0 bridgehead atoms. The summed E-state index contributed by atoms with van der Waals surface area (Å²) in [6.07, 6.45) is 0. The number of rotatable bonds is 3. The average molecular weight is 602 g/mol. The summed E-state index contributed by atoms with van der Waals surface area (Å²) in [5.74, 6) is -0.245.